The van der Waals surface area contributed by atoms with Crippen LogP contribution in [0.5, 0.6) is 0 Å². The highest BCUT2D eigenvalue weighted by atomic mass is 19.4. The highest BCUT2D eigenvalue weighted by molar-refractivity contribution is 5.41. The molecular formula is C14H15F3N4. The van der Waals surface area contributed by atoms with Gasteiger partial charge in [0.25, 0.3) is 0 Å². The van der Waals surface area contributed by atoms with Crippen molar-refractivity contribution in [3.8, 4) is 0 Å². The lowest BCUT2D eigenvalue weighted by atomic mass is 10.2. The minimum Gasteiger partial charge on any atom is -0.357 e. The largest absolute Gasteiger partial charge is 0.435 e. The Bertz CT molecular complexity index is 615. The summed E-state index contributed by atoms with van der Waals surface area (Å²) >= 11 is 0. The summed E-state index contributed by atoms with van der Waals surface area (Å²) in [6.45, 7) is 2.27. The van der Waals surface area contributed by atoms with Crippen LogP contribution in [0.15, 0.2) is 30.6 Å². The van der Waals surface area contributed by atoms with Crippen LogP contribution < -0.4 is 4.90 Å². The smallest absolute Gasteiger partial charge is 0.357 e. The van der Waals surface area contributed by atoms with E-state index in [1.807, 2.05) is 6.07 Å². The molecule has 112 valence electrons. The highest BCUT2D eigenvalue weighted by Crippen LogP contribution is 2.27. The average molecular weight is 296 g/mol. The molecule has 3 rings (SSSR count). The van der Waals surface area contributed by atoms with Gasteiger partial charge in [0.1, 0.15) is 5.82 Å². The quantitative estimate of drug-likeness (QED) is 0.873. The standard InChI is InChI=1S/C14H15F3N4/c15-14(16,17)12-4-8-21(19-12)10-11-3-5-18-13(9-11)20-6-1-2-7-20/h3-5,8-9H,1-2,6-7,10H2. The molecule has 2 aromatic heterocycles. The molecule has 0 radical (unpaired) electrons. The fraction of sp³-hybridized carbons (Fsp3) is 0.429. The summed E-state index contributed by atoms with van der Waals surface area (Å²) in [7, 11) is 0. The Balaban J connectivity index is 1.75. The molecule has 0 aliphatic carbocycles. The van der Waals surface area contributed by atoms with Crippen LogP contribution in [0.4, 0.5) is 19.0 Å². The van der Waals surface area contributed by atoms with Crippen LogP contribution in [0, 0.1) is 0 Å². The Morgan fingerprint density at radius 3 is 2.57 bits per heavy atom. The third-order valence-corrected chi connectivity index (χ3v) is 3.52. The van der Waals surface area contributed by atoms with Crippen molar-refractivity contribution in [2.45, 2.75) is 25.6 Å². The molecule has 0 aromatic carbocycles. The van der Waals surface area contributed by atoms with E-state index in [9.17, 15) is 13.2 Å². The molecule has 4 nitrogen and oxygen atoms in total. The molecule has 21 heavy (non-hydrogen) atoms. The van der Waals surface area contributed by atoms with Crippen molar-refractivity contribution in [1.82, 2.24) is 14.8 Å². The average Bonchev–Trinajstić information content (AvgIpc) is 3.09. The molecule has 0 saturated carbocycles. The van der Waals surface area contributed by atoms with Crippen molar-refractivity contribution < 1.29 is 13.2 Å². The second-order valence-corrected chi connectivity index (χ2v) is 5.11. The van der Waals surface area contributed by atoms with Crippen LogP contribution in [-0.2, 0) is 12.7 Å². The summed E-state index contributed by atoms with van der Waals surface area (Å²) in [5, 5.41) is 3.56. The SMILES string of the molecule is FC(F)(F)c1ccn(Cc2ccnc(N3CCCC3)c2)n1. The number of pyridine rings is 1. The summed E-state index contributed by atoms with van der Waals surface area (Å²) in [5.74, 6) is 0.883. The molecule has 0 unspecified atom stereocenters. The molecule has 0 spiro atoms. The van der Waals surface area contributed by atoms with E-state index in [0.717, 1.165) is 43.4 Å². The Hall–Kier alpha value is -2.05. The second kappa shape index (κ2) is 5.38. The lowest BCUT2D eigenvalue weighted by molar-refractivity contribution is -0.141. The van der Waals surface area contributed by atoms with E-state index in [-0.39, 0.29) is 0 Å². The number of halogens is 3. The monoisotopic (exact) mass is 296 g/mol. The second-order valence-electron chi connectivity index (χ2n) is 5.11. The van der Waals surface area contributed by atoms with E-state index in [2.05, 4.69) is 15.0 Å². The van der Waals surface area contributed by atoms with Crippen LogP contribution in [-0.4, -0.2) is 27.9 Å². The molecule has 0 N–H and O–H groups in total. The summed E-state index contributed by atoms with van der Waals surface area (Å²) in [4.78, 5) is 6.51. The first kappa shape index (κ1) is 13.9. The van der Waals surface area contributed by atoms with Gasteiger partial charge in [-0.15, -0.1) is 0 Å². The first-order valence-electron chi connectivity index (χ1n) is 6.83. The molecule has 0 bridgehead atoms. The van der Waals surface area contributed by atoms with E-state index in [4.69, 9.17) is 0 Å². The van der Waals surface area contributed by atoms with Crippen molar-refractivity contribution in [3.63, 3.8) is 0 Å². The molecule has 7 heteroatoms. The number of alkyl halides is 3. The number of rotatable bonds is 3. The van der Waals surface area contributed by atoms with Crippen molar-refractivity contribution in [3.05, 3.63) is 41.9 Å². The molecule has 1 aliphatic rings. The zero-order valence-electron chi connectivity index (χ0n) is 11.3. The van der Waals surface area contributed by atoms with Gasteiger partial charge >= 0.3 is 6.18 Å². The van der Waals surface area contributed by atoms with Crippen molar-refractivity contribution in [1.29, 1.82) is 0 Å². The maximum Gasteiger partial charge on any atom is 0.435 e. The Kier molecular flexibility index (Phi) is 3.57. The van der Waals surface area contributed by atoms with Gasteiger partial charge in [-0.25, -0.2) is 4.98 Å². The van der Waals surface area contributed by atoms with Gasteiger partial charge < -0.3 is 4.90 Å². The summed E-state index contributed by atoms with van der Waals surface area (Å²) in [6.07, 6.45) is 0.945. The molecule has 3 heterocycles. The van der Waals surface area contributed by atoms with E-state index in [0.29, 0.717) is 6.54 Å². The van der Waals surface area contributed by atoms with Gasteiger partial charge in [0.05, 0.1) is 6.54 Å². The van der Waals surface area contributed by atoms with E-state index < -0.39 is 11.9 Å². The van der Waals surface area contributed by atoms with E-state index >= 15 is 0 Å². The summed E-state index contributed by atoms with van der Waals surface area (Å²) in [6, 6.07) is 4.71. The minimum atomic E-state index is -4.40. The third-order valence-electron chi connectivity index (χ3n) is 3.52. The van der Waals surface area contributed by atoms with Gasteiger partial charge in [-0.1, -0.05) is 0 Å². The summed E-state index contributed by atoms with van der Waals surface area (Å²) < 4.78 is 38.8. The van der Waals surface area contributed by atoms with Crippen LogP contribution in [0.25, 0.3) is 0 Å². The van der Waals surface area contributed by atoms with Crippen molar-refractivity contribution >= 4 is 5.82 Å². The number of nitrogens with zero attached hydrogens (tertiary/aromatic N) is 4. The molecule has 1 saturated heterocycles. The van der Waals surface area contributed by atoms with Crippen LogP contribution in [0.3, 0.4) is 0 Å². The fourth-order valence-corrected chi connectivity index (χ4v) is 2.47. The van der Waals surface area contributed by atoms with Crippen LogP contribution in [0.1, 0.15) is 24.1 Å². The van der Waals surface area contributed by atoms with Gasteiger partial charge in [-0.2, -0.15) is 18.3 Å². The number of aromatic nitrogens is 3. The molecule has 1 aliphatic heterocycles. The van der Waals surface area contributed by atoms with Gasteiger partial charge in [0.15, 0.2) is 5.69 Å². The van der Waals surface area contributed by atoms with Crippen LogP contribution in [0.2, 0.25) is 0 Å². The summed E-state index contributed by atoms with van der Waals surface area (Å²) in [5.41, 5.74) is 0.0278. The number of anilines is 1. The molecule has 0 atom stereocenters. The van der Waals surface area contributed by atoms with E-state index in [1.54, 1.807) is 12.3 Å². The van der Waals surface area contributed by atoms with Gasteiger partial charge in [-0.3, -0.25) is 4.68 Å². The highest BCUT2D eigenvalue weighted by Gasteiger charge is 2.33. The van der Waals surface area contributed by atoms with Crippen molar-refractivity contribution in [2.24, 2.45) is 0 Å². The third kappa shape index (κ3) is 3.17. The number of hydrogen-bond donors (Lipinski definition) is 0. The maximum atomic E-state index is 12.5. The predicted molar refractivity (Wildman–Crippen MR) is 72.0 cm³/mol. The van der Waals surface area contributed by atoms with Crippen molar-refractivity contribution in [2.75, 3.05) is 18.0 Å². The van der Waals surface area contributed by atoms with Crippen LogP contribution >= 0.6 is 0 Å². The molecular weight excluding hydrogens is 281 g/mol. The lowest BCUT2D eigenvalue weighted by Crippen LogP contribution is -2.19. The first-order valence-corrected chi connectivity index (χ1v) is 6.83. The fourth-order valence-electron chi connectivity index (χ4n) is 2.47. The molecule has 1 fully saturated rings. The molecule has 2 aromatic rings. The Morgan fingerprint density at radius 1 is 1.14 bits per heavy atom. The number of hydrogen-bond acceptors (Lipinski definition) is 3. The topological polar surface area (TPSA) is 34.0 Å². The minimum absolute atomic E-state index is 0.305. The Labute approximate surface area is 120 Å². The van der Waals surface area contributed by atoms with Gasteiger partial charge in [-0.05, 0) is 36.6 Å². The molecule has 0 amide bonds. The zero-order valence-corrected chi connectivity index (χ0v) is 11.3. The lowest BCUT2D eigenvalue weighted by Gasteiger charge is -2.16. The van der Waals surface area contributed by atoms with Gasteiger partial charge in [0.2, 0.25) is 0 Å². The van der Waals surface area contributed by atoms with Gasteiger partial charge in [0, 0.05) is 25.5 Å². The predicted octanol–water partition coefficient (Wildman–Crippen LogP) is 2.95. The zero-order chi connectivity index (χ0) is 14.9. The Morgan fingerprint density at radius 2 is 1.90 bits per heavy atom. The first-order chi connectivity index (χ1) is 10.0. The van der Waals surface area contributed by atoms with E-state index in [1.165, 1.54) is 10.9 Å². The maximum absolute atomic E-state index is 12.5. The normalized spacial score (nSPS) is 15.7.